The quantitative estimate of drug-likeness (QED) is 0.722. The number of carbonyl (C=O) groups excluding carboxylic acids is 2. The van der Waals surface area contributed by atoms with Crippen LogP contribution in [0.1, 0.15) is 37.2 Å². The van der Waals surface area contributed by atoms with Crippen molar-refractivity contribution in [2.75, 3.05) is 19.6 Å². The van der Waals surface area contributed by atoms with Crippen molar-refractivity contribution in [3.8, 4) is 0 Å². The van der Waals surface area contributed by atoms with E-state index in [1.165, 1.54) is 25.9 Å². The molecule has 0 bridgehead atoms. The minimum Gasteiger partial charge on any atom is -0.464 e. The molecule has 2 saturated heterocycles. The molecule has 140 valence electrons. The Labute approximate surface area is 157 Å². The third-order valence-corrected chi connectivity index (χ3v) is 5.99. The van der Waals surface area contributed by atoms with Gasteiger partial charge in [-0.15, -0.1) is 0 Å². The van der Waals surface area contributed by atoms with Crippen molar-refractivity contribution in [2.24, 2.45) is 0 Å². The van der Waals surface area contributed by atoms with Crippen LogP contribution < -0.4 is 5.32 Å². The first-order valence-electron chi connectivity index (χ1n) is 9.76. The lowest BCUT2D eigenvalue weighted by Crippen LogP contribution is -2.39. The Bertz CT molecular complexity index is 1030. The van der Waals surface area contributed by atoms with Crippen molar-refractivity contribution in [3.63, 3.8) is 0 Å². The monoisotopic (exact) mass is 365 g/mol. The Balaban J connectivity index is 1.51. The smallest absolute Gasteiger partial charge is 0.234 e. The summed E-state index contributed by atoms with van der Waals surface area (Å²) in [6, 6.07) is 6.20. The first kappa shape index (κ1) is 16.6. The molecule has 2 amide bonds. The molecule has 2 fully saturated rings. The predicted molar refractivity (Wildman–Crippen MR) is 103 cm³/mol. The molecule has 0 aliphatic carbocycles. The number of hydrogen-bond acceptors (Lipinski definition) is 4. The predicted octanol–water partition coefficient (Wildman–Crippen LogP) is 3.00. The van der Waals surface area contributed by atoms with E-state index in [4.69, 9.17) is 4.42 Å². The standard InChI is InChI=1S/C21H23N3O3/c25-19-6-3-14(21(26)22-19)16-13-27-18-5-4-17-15(20(16)18)7-10-24(17)12-11-23-8-1-2-9-23/h4-5,7,10,13-14H,1-3,6,8-9,11-12H2,(H,22,25,26)/t14-/m0/s1. The van der Waals surface area contributed by atoms with Gasteiger partial charge in [0.1, 0.15) is 5.58 Å². The van der Waals surface area contributed by atoms with Gasteiger partial charge in [-0.3, -0.25) is 14.9 Å². The van der Waals surface area contributed by atoms with Crippen LogP contribution in [-0.4, -0.2) is 40.9 Å². The second-order valence-corrected chi connectivity index (χ2v) is 7.62. The Hall–Kier alpha value is -2.60. The number of hydrogen-bond donors (Lipinski definition) is 1. The lowest BCUT2D eigenvalue weighted by atomic mass is 9.89. The SMILES string of the molecule is O=C1CC[C@@H](c2coc3ccc4c(ccn4CCN4CCCC4)c23)C(=O)N1. The van der Waals surface area contributed by atoms with E-state index in [0.717, 1.165) is 40.5 Å². The van der Waals surface area contributed by atoms with Crippen LogP contribution in [-0.2, 0) is 16.1 Å². The van der Waals surface area contributed by atoms with Gasteiger partial charge in [-0.25, -0.2) is 0 Å². The summed E-state index contributed by atoms with van der Waals surface area (Å²) in [6.45, 7) is 4.42. The number of likely N-dealkylation sites (tertiary alicyclic amines) is 1. The highest BCUT2D eigenvalue weighted by Gasteiger charge is 2.31. The van der Waals surface area contributed by atoms with E-state index in [1.54, 1.807) is 6.26 Å². The van der Waals surface area contributed by atoms with Crippen LogP contribution >= 0.6 is 0 Å². The molecule has 6 nitrogen and oxygen atoms in total. The number of benzene rings is 1. The molecule has 2 aliphatic rings. The maximum Gasteiger partial charge on any atom is 0.234 e. The first-order valence-corrected chi connectivity index (χ1v) is 9.76. The van der Waals surface area contributed by atoms with Crippen molar-refractivity contribution in [2.45, 2.75) is 38.1 Å². The zero-order chi connectivity index (χ0) is 18.4. The average Bonchev–Trinajstić information content (AvgIpc) is 3.39. The van der Waals surface area contributed by atoms with Gasteiger partial charge in [-0.05, 0) is 50.6 Å². The fourth-order valence-electron chi connectivity index (χ4n) is 4.53. The van der Waals surface area contributed by atoms with Gasteiger partial charge < -0.3 is 13.9 Å². The first-order chi connectivity index (χ1) is 13.2. The molecule has 0 spiro atoms. The van der Waals surface area contributed by atoms with Crippen LogP contribution in [0.4, 0.5) is 0 Å². The number of carbonyl (C=O) groups is 2. The highest BCUT2D eigenvalue weighted by molar-refractivity contribution is 6.10. The Morgan fingerprint density at radius 2 is 1.96 bits per heavy atom. The van der Waals surface area contributed by atoms with Crippen LogP contribution in [0.25, 0.3) is 21.9 Å². The zero-order valence-electron chi connectivity index (χ0n) is 15.2. The van der Waals surface area contributed by atoms with Crippen molar-refractivity contribution < 1.29 is 14.0 Å². The number of piperidine rings is 1. The number of fused-ring (bicyclic) bond motifs is 3. The van der Waals surface area contributed by atoms with Gasteiger partial charge >= 0.3 is 0 Å². The molecule has 2 aromatic heterocycles. The van der Waals surface area contributed by atoms with Gasteiger partial charge in [0, 0.05) is 47.6 Å². The molecule has 4 heterocycles. The third kappa shape index (κ3) is 2.84. The highest BCUT2D eigenvalue weighted by atomic mass is 16.3. The fraction of sp³-hybridized carbons (Fsp3) is 0.429. The number of furan rings is 1. The molecule has 1 N–H and O–H groups in total. The summed E-state index contributed by atoms with van der Waals surface area (Å²) < 4.78 is 8.04. The number of nitrogens with one attached hydrogen (secondary N) is 1. The van der Waals surface area contributed by atoms with Gasteiger partial charge in [-0.2, -0.15) is 0 Å². The number of aromatic nitrogens is 1. The van der Waals surface area contributed by atoms with E-state index in [0.29, 0.717) is 12.8 Å². The molecule has 0 unspecified atom stereocenters. The molecule has 6 heteroatoms. The number of amides is 2. The topological polar surface area (TPSA) is 67.5 Å². The molecule has 0 saturated carbocycles. The summed E-state index contributed by atoms with van der Waals surface area (Å²) in [5.41, 5.74) is 2.84. The van der Waals surface area contributed by atoms with E-state index in [1.807, 2.05) is 6.07 Å². The maximum absolute atomic E-state index is 12.4. The van der Waals surface area contributed by atoms with E-state index in [2.05, 4.69) is 33.1 Å². The molecule has 27 heavy (non-hydrogen) atoms. The molecule has 2 aliphatic heterocycles. The van der Waals surface area contributed by atoms with E-state index in [9.17, 15) is 9.59 Å². The van der Waals surface area contributed by atoms with Gasteiger partial charge in [0.2, 0.25) is 11.8 Å². The zero-order valence-corrected chi connectivity index (χ0v) is 15.2. The Morgan fingerprint density at radius 3 is 2.78 bits per heavy atom. The lowest BCUT2D eigenvalue weighted by Gasteiger charge is -2.20. The van der Waals surface area contributed by atoms with E-state index >= 15 is 0 Å². The molecule has 1 aromatic carbocycles. The lowest BCUT2D eigenvalue weighted by molar-refractivity contribution is -0.134. The van der Waals surface area contributed by atoms with Crippen molar-refractivity contribution >= 4 is 33.7 Å². The number of nitrogens with zero attached hydrogens (tertiary/aromatic N) is 2. The summed E-state index contributed by atoms with van der Waals surface area (Å²) in [5, 5.41) is 4.57. The van der Waals surface area contributed by atoms with Gasteiger partial charge in [-0.1, -0.05) is 0 Å². The minimum atomic E-state index is -0.331. The molecular formula is C21H23N3O3. The van der Waals surface area contributed by atoms with Gasteiger partial charge in [0.25, 0.3) is 0 Å². The van der Waals surface area contributed by atoms with Crippen molar-refractivity contribution in [1.82, 2.24) is 14.8 Å². The summed E-state index contributed by atoms with van der Waals surface area (Å²) in [5.74, 6) is -0.746. The number of rotatable bonds is 4. The molecule has 3 aromatic rings. The third-order valence-electron chi connectivity index (χ3n) is 5.99. The van der Waals surface area contributed by atoms with Gasteiger partial charge in [0.05, 0.1) is 12.2 Å². The minimum absolute atomic E-state index is 0.192. The Kier molecular flexibility index (Phi) is 4.01. The molecule has 1 atom stereocenters. The second-order valence-electron chi connectivity index (χ2n) is 7.62. The van der Waals surface area contributed by atoms with Crippen LogP contribution in [0.2, 0.25) is 0 Å². The summed E-state index contributed by atoms with van der Waals surface area (Å²) in [7, 11) is 0. The fourth-order valence-corrected chi connectivity index (χ4v) is 4.53. The molecule has 0 radical (unpaired) electrons. The summed E-state index contributed by atoms with van der Waals surface area (Å²) in [4.78, 5) is 26.4. The normalized spacial score (nSPS) is 21.4. The molecule has 5 rings (SSSR count). The van der Waals surface area contributed by atoms with Crippen molar-refractivity contribution in [3.05, 3.63) is 36.2 Å². The summed E-state index contributed by atoms with van der Waals surface area (Å²) in [6.07, 6.45) is 7.32. The van der Waals surface area contributed by atoms with E-state index < -0.39 is 0 Å². The van der Waals surface area contributed by atoms with Crippen LogP contribution in [0.5, 0.6) is 0 Å². The van der Waals surface area contributed by atoms with Gasteiger partial charge in [0.15, 0.2) is 0 Å². The van der Waals surface area contributed by atoms with Crippen LogP contribution in [0.15, 0.2) is 35.1 Å². The number of imide groups is 1. The van der Waals surface area contributed by atoms with Crippen molar-refractivity contribution in [1.29, 1.82) is 0 Å². The second kappa shape index (κ2) is 6.53. The molecular weight excluding hydrogens is 342 g/mol. The van der Waals surface area contributed by atoms with Crippen LogP contribution in [0.3, 0.4) is 0 Å². The highest BCUT2D eigenvalue weighted by Crippen LogP contribution is 2.37. The average molecular weight is 365 g/mol. The van der Waals surface area contributed by atoms with Crippen LogP contribution in [0, 0.1) is 0 Å². The summed E-state index contributed by atoms with van der Waals surface area (Å²) >= 11 is 0. The largest absolute Gasteiger partial charge is 0.464 e. The van der Waals surface area contributed by atoms with E-state index in [-0.39, 0.29) is 17.7 Å². The maximum atomic E-state index is 12.4. The Morgan fingerprint density at radius 1 is 1.11 bits per heavy atom.